The number of nitrogens with one attached hydrogen (secondary N) is 1. The molecule has 0 spiro atoms. The lowest BCUT2D eigenvalue weighted by Crippen LogP contribution is -2.33. The SMILES string of the molecule is O=[N+]([O-])c1ccc(Cl)cc1C1CNCCO1. The standard InChI is InChI=1S/C10H11ClN2O3/c11-7-1-2-9(13(14)15)8(5-7)10-6-12-3-4-16-10/h1-2,5,10,12H,3-4,6H2. The number of hydrogen-bond donors (Lipinski definition) is 1. The minimum absolute atomic E-state index is 0.0538. The molecule has 0 saturated carbocycles. The minimum atomic E-state index is -0.413. The van der Waals surface area contributed by atoms with Gasteiger partial charge in [-0.05, 0) is 12.1 Å². The lowest BCUT2D eigenvalue weighted by atomic mass is 10.1. The second-order valence-electron chi connectivity index (χ2n) is 3.52. The number of rotatable bonds is 2. The summed E-state index contributed by atoms with van der Waals surface area (Å²) >= 11 is 5.84. The van der Waals surface area contributed by atoms with Crippen molar-refractivity contribution in [3.05, 3.63) is 38.9 Å². The van der Waals surface area contributed by atoms with Crippen LogP contribution >= 0.6 is 11.6 Å². The molecule has 1 aromatic rings. The number of nitro groups is 1. The van der Waals surface area contributed by atoms with Gasteiger partial charge in [-0.15, -0.1) is 0 Å². The third kappa shape index (κ3) is 2.32. The number of ether oxygens (including phenoxy) is 1. The molecule has 0 radical (unpaired) electrons. The van der Waals surface area contributed by atoms with Gasteiger partial charge in [0.05, 0.1) is 17.1 Å². The molecule has 16 heavy (non-hydrogen) atoms. The predicted molar refractivity (Wildman–Crippen MR) is 59.7 cm³/mol. The highest BCUT2D eigenvalue weighted by Gasteiger charge is 2.24. The van der Waals surface area contributed by atoms with Crippen molar-refractivity contribution in [3.63, 3.8) is 0 Å². The zero-order chi connectivity index (χ0) is 11.5. The van der Waals surface area contributed by atoms with E-state index in [1.54, 1.807) is 6.07 Å². The van der Waals surface area contributed by atoms with Crippen LogP contribution in [0.15, 0.2) is 18.2 Å². The Bertz CT molecular complexity index is 405. The zero-order valence-corrected chi connectivity index (χ0v) is 9.24. The first-order valence-corrected chi connectivity index (χ1v) is 5.32. The van der Waals surface area contributed by atoms with Gasteiger partial charge in [0.2, 0.25) is 0 Å². The Morgan fingerprint density at radius 2 is 2.38 bits per heavy atom. The van der Waals surface area contributed by atoms with Crippen LogP contribution < -0.4 is 5.32 Å². The summed E-state index contributed by atoms with van der Waals surface area (Å²) in [6, 6.07) is 4.52. The van der Waals surface area contributed by atoms with E-state index in [0.29, 0.717) is 23.7 Å². The van der Waals surface area contributed by atoms with E-state index < -0.39 is 4.92 Å². The highest BCUT2D eigenvalue weighted by molar-refractivity contribution is 6.30. The summed E-state index contributed by atoms with van der Waals surface area (Å²) in [6.07, 6.45) is -0.298. The smallest absolute Gasteiger partial charge is 0.275 e. The Balaban J connectivity index is 2.36. The maximum Gasteiger partial charge on any atom is 0.275 e. The van der Waals surface area contributed by atoms with Crippen LogP contribution in [-0.4, -0.2) is 24.6 Å². The van der Waals surface area contributed by atoms with Crippen molar-refractivity contribution < 1.29 is 9.66 Å². The van der Waals surface area contributed by atoms with E-state index in [1.165, 1.54) is 12.1 Å². The Labute approximate surface area is 97.5 Å². The molecule has 0 bridgehead atoms. The molecule has 6 heteroatoms. The van der Waals surface area contributed by atoms with Gasteiger partial charge in [0.25, 0.3) is 5.69 Å². The molecular weight excluding hydrogens is 232 g/mol. The van der Waals surface area contributed by atoms with Crippen LogP contribution in [0.4, 0.5) is 5.69 Å². The molecule has 1 aromatic carbocycles. The van der Waals surface area contributed by atoms with Crippen molar-refractivity contribution in [2.45, 2.75) is 6.10 Å². The largest absolute Gasteiger partial charge is 0.371 e. The summed E-state index contributed by atoms with van der Waals surface area (Å²) in [7, 11) is 0. The van der Waals surface area contributed by atoms with Crippen molar-refractivity contribution in [1.82, 2.24) is 5.32 Å². The number of morpholine rings is 1. The van der Waals surface area contributed by atoms with Crippen molar-refractivity contribution in [3.8, 4) is 0 Å². The first kappa shape index (κ1) is 11.3. The van der Waals surface area contributed by atoms with Crippen molar-refractivity contribution >= 4 is 17.3 Å². The topological polar surface area (TPSA) is 64.4 Å². The molecule has 0 aromatic heterocycles. The molecule has 1 atom stereocenters. The second-order valence-corrected chi connectivity index (χ2v) is 3.96. The van der Waals surface area contributed by atoms with Gasteiger partial charge in [-0.1, -0.05) is 11.6 Å². The molecule has 0 aliphatic carbocycles. The van der Waals surface area contributed by atoms with Crippen LogP contribution in [0.25, 0.3) is 0 Å². The lowest BCUT2D eigenvalue weighted by molar-refractivity contribution is -0.386. The van der Waals surface area contributed by atoms with Crippen LogP contribution in [0.1, 0.15) is 11.7 Å². The van der Waals surface area contributed by atoms with Crippen LogP contribution in [0.3, 0.4) is 0 Å². The average Bonchev–Trinajstić information content (AvgIpc) is 2.29. The molecule has 5 nitrogen and oxygen atoms in total. The summed E-state index contributed by atoms with van der Waals surface area (Å²) in [6.45, 7) is 1.89. The van der Waals surface area contributed by atoms with Crippen LogP contribution in [-0.2, 0) is 4.74 Å². The number of nitrogens with zero attached hydrogens (tertiary/aromatic N) is 1. The lowest BCUT2D eigenvalue weighted by Gasteiger charge is -2.23. The van der Waals surface area contributed by atoms with Crippen molar-refractivity contribution in [2.24, 2.45) is 0 Å². The van der Waals surface area contributed by atoms with E-state index in [1.807, 2.05) is 0 Å². The van der Waals surface area contributed by atoms with Gasteiger partial charge in [0.15, 0.2) is 0 Å². The summed E-state index contributed by atoms with van der Waals surface area (Å²) < 4.78 is 5.48. The molecule has 1 heterocycles. The zero-order valence-electron chi connectivity index (χ0n) is 8.48. The molecule has 86 valence electrons. The number of hydrogen-bond acceptors (Lipinski definition) is 4. The van der Waals surface area contributed by atoms with Gasteiger partial charge in [-0.2, -0.15) is 0 Å². The monoisotopic (exact) mass is 242 g/mol. The summed E-state index contributed by atoms with van der Waals surface area (Å²) in [5.74, 6) is 0. The fourth-order valence-electron chi connectivity index (χ4n) is 1.71. The summed E-state index contributed by atoms with van der Waals surface area (Å²) in [5.41, 5.74) is 0.586. The first-order valence-electron chi connectivity index (χ1n) is 4.94. The van der Waals surface area contributed by atoms with E-state index in [-0.39, 0.29) is 11.8 Å². The van der Waals surface area contributed by atoms with E-state index in [0.717, 1.165) is 6.54 Å². The van der Waals surface area contributed by atoms with Gasteiger partial charge in [-0.3, -0.25) is 10.1 Å². The van der Waals surface area contributed by atoms with E-state index in [2.05, 4.69) is 5.32 Å². The van der Waals surface area contributed by atoms with E-state index in [9.17, 15) is 10.1 Å². The van der Waals surface area contributed by atoms with Gasteiger partial charge in [0, 0.05) is 24.2 Å². The van der Waals surface area contributed by atoms with Crippen molar-refractivity contribution in [2.75, 3.05) is 19.7 Å². The molecule has 1 aliphatic rings. The fourth-order valence-corrected chi connectivity index (χ4v) is 1.90. The Morgan fingerprint density at radius 1 is 1.56 bits per heavy atom. The minimum Gasteiger partial charge on any atom is -0.371 e. The number of nitro benzene ring substituents is 1. The molecule has 1 N–H and O–H groups in total. The maximum atomic E-state index is 10.9. The molecule has 1 saturated heterocycles. The third-order valence-corrected chi connectivity index (χ3v) is 2.70. The Hall–Kier alpha value is -1.17. The van der Waals surface area contributed by atoms with Crippen LogP contribution in [0.2, 0.25) is 5.02 Å². The normalized spacial score (nSPS) is 20.7. The molecule has 0 amide bonds. The van der Waals surface area contributed by atoms with Gasteiger partial charge < -0.3 is 10.1 Å². The molecule has 1 unspecified atom stereocenters. The van der Waals surface area contributed by atoms with Gasteiger partial charge >= 0.3 is 0 Å². The van der Waals surface area contributed by atoms with Crippen LogP contribution in [0, 0.1) is 10.1 Å². The maximum absolute atomic E-state index is 10.9. The highest BCUT2D eigenvalue weighted by Crippen LogP contribution is 2.30. The fraction of sp³-hybridized carbons (Fsp3) is 0.400. The van der Waals surface area contributed by atoms with E-state index in [4.69, 9.17) is 16.3 Å². The highest BCUT2D eigenvalue weighted by atomic mass is 35.5. The Kier molecular flexibility index (Phi) is 3.38. The second kappa shape index (κ2) is 4.78. The molecule has 1 fully saturated rings. The Morgan fingerprint density at radius 3 is 3.00 bits per heavy atom. The predicted octanol–water partition coefficient (Wildman–Crippen LogP) is 1.91. The molecule has 1 aliphatic heterocycles. The van der Waals surface area contributed by atoms with Crippen LogP contribution in [0.5, 0.6) is 0 Å². The molecule has 2 rings (SSSR count). The molecular formula is C10H11ClN2O3. The first-order chi connectivity index (χ1) is 7.68. The quantitative estimate of drug-likeness (QED) is 0.636. The van der Waals surface area contributed by atoms with Gasteiger partial charge in [0.1, 0.15) is 6.10 Å². The van der Waals surface area contributed by atoms with Gasteiger partial charge in [-0.25, -0.2) is 0 Å². The summed E-state index contributed by atoms with van der Waals surface area (Å²) in [5, 5.41) is 14.5. The number of halogens is 1. The number of benzene rings is 1. The average molecular weight is 243 g/mol. The summed E-state index contributed by atoms with van der Waals surface area (Å²) in [4.78, 5) is 10.4. The van der Waals surface area contributed by atoms with E-state index >= 15 is 0 Å². The third-order valence-electron chi connectivity index (χ3n) is 2.46. The van der Waals surface area contributed by atoms with Crippen molar-refractivity contribution in [1.29, 1.82) is 0 Å².